The Labute approximate surface area is 80.3 Å². The van der Waals surface area contributed by atoms with Crippen LogP contribution in [0.5, 0.6) is 0 Å². The van der Waals surface area contributed by atoms with E-state index in [1.165, 1.54) is 6.26 Å². The lowest BCUT2D eigenvalue weighted by molar-refractivity contribution is 0.1000. The lowest BCUT2D eigenvalue weighted by Crippen LogP contribution is -2.10. The molecule has 0 unspecified atom stereocenters. The molecule has 14 heavy (non-hydrogen) atoms. The van der Waals surface area contributed by atoms with E-state index in [2.05, 4.69) is 5.16 Å². The summed E-state index contributed by atoms with van der Waals surface area (Å²) in [6, 6.07) is 9.27. The van der Waals surface area contributed by atoms with Gasteiger partial charge in [0.2, 0.25) is 0 Å². The molecule has 0 aliphatic carbocycles. The fraction of sp³-hybridized carbons (Fsp3) is 0. The number of primary amides is 1. The maximum absolute atomic E-state index is 11.0. The number of rotatable bonds is 2. The van der Waals surface area contributed by atoms with Crippen LogP contribution < -0.4 is 5.73 Å². The molecule has 0 spiro atoms. The van der Waals surface area contributed by atoms with Gasteiger partial charge in [-0.1, -0.05) is 35.5 Å². The van der Waals surface area contributed by atoms with Gasteiger partial charge in [-0.25, -0.2) is 0 Å². The molecular formula is C10H8N2O2. The van der Waals surface area contributed by atoms with Gasteiger partial charge in [0.05, 0.1) is 0 Å². The fourth-order valence-corrected chi connectivity index (χ4v) is 1.22. The van der Waals surface area contributed by atoms with Crippen molar-refractivity contribution in [3.8, 4) is 11.3 Å². The predicted molar refractivity (Wildman–Crippen MR) is 50.5 cm³/mol. The molecule has 1 heterocycles. The van der Waals surface area contributed by atoms with E-state index in [1.807, 2.05) is 30.3 Å². The van der Waals surface area contributed by atoms with Crippen LogP contribution in [0.25, 0.3) is 11.3 Å². The summed E-state index contributed by atoms with van der Waals surface area (Å²) < 4.78 is 4.71. The minimum absolute atomic E-state index is 0.302. The summed E-state index contributed by atoms with van der Waals surface area (Å²) in [4.78, 5) is 11.0. The van der Waals surface area contributed by atoms with Crippen molar-refractivity contribution in [3.63, 3.8) is 0 Å². The van der Waals surface area contributed by atoms with E-state index in [-0.39, 0.29) is 0 Å². The van der Waals surface area contributed by atoms with Crippen molar-refractivity contribution in [1.29, 1.82) is 0 Å². The Morgan fingerprint density at radius 2 is 2.00 bits per heavy atom. The van der Waals surface area contributed by atoms with Crippen molar-refractivity contribution in [2.45, 2.75) is 0 Å². The lowest BCUT2D eigenvalue weighted by atomic mass is 10.1. The van der Waals surface area contributed by atoms with Gasteiger partial charge in [0.25, 0.3) is 5.91 Å². The second kappa shape index (κ2) is 3.33. The van der Waals surface area contributed by atoms with Gasteiger partial charge in [-0.15, -0.1) is 0 Å². The van der Waals surface area contributed by atoms with Gasteiger partial charge in [-0.05, 0) is 0 Å². The summed E-state index contributed by atoms with van der Waals surface area (Å²) >= 11 is 0. The number of hydrogen-bond donors (Lipinski definition) is 1. The quantitative estimate of drug-likeness (QED) is 0.775. The zero-order valence-corrected chi connectivity index (χ0v) is 7.31. The molecule has 1 aromatic carbocycles. The molecule has 4 heteroatoms. The fourth-order valence-electron chi connectivity index (χ4n) is 1.22. The summed E-state index contributed by atoms with van der Waals surface area (Å²) in [5, 5.41) is 3.73. The van der Waals surface area contributed by atoms with Gasteiger partial charge in [0.1, 0.15) is 17.5 Å². The van der Waals surface area contributed by atoms with Gasteiger partial charge >= 0.3 is 0 Å². The van der Waals surface area contributed by atoms with E-state index in [0.29, 0.717) is 11.3 Å². The molecule has 0 atom stereocenters. The summed E-state index contributed by atoms with van der Waals surface area (Å²) in [5.74, 6) is -0.537. The summed E-state index contributed by atoms with van der Waals surface area (Å²) in [5.41, 5.74) is 6.76. The highest BCUT2D eigenvalue weighted by molar-refractivity contribution is 5.98. The third-order valence-electron chi connectivity index (χ3n) is 1.88. The average Bonchev–Trinajstić information content (AvgIpc) is 2.67. The Bertz CT molecular complexity index is 448. The predicted octanol–water partition coefficient (Wildman–Crippen LogP) is 1.44. The lowest BCUT2D eigenvalue weighted by Gasteiger charge is -1.96. The number of carbonyl (C=O) groups excluding carboxylic acids is 1. The monoisotopic (exact) mass is 188 g/mol. The molecule has 0 aliphatic rings. The Kier molecular flexibility index (Phi) is 2.02. The van der Waals surface area contributed by atoms with E-state index < -0.39 is 5.91 Å². The molecule has 0 radical (unpaired) electrons. The molecule has 2 N–H and O–H groups in total. The van der Waals surface area contributed by atoms with Crippen LogP contribution in [-0.2, 0) is 0 Å². The van der Waals surface area contributed by atoms with Crippen LogP contribution in [0.2, 0.25) is 0 Å². The van der Waals surface area contributed by atoms with E-state index in [9.17, 15) is 4.79 Å². The standard InChI is InChI=1S/C10H8N2O2/c11-10(13)8-6-14-12-9(8)7-4-2-1-3-5-7/h1-6H,(H2,11,13). The summed E-state index contributed by atoms with van der Waals surface area (Å²) in [6.45, 7) is 0. The third-order valence-corrected chi connectivity index (χ3v) is 1.88. The highest BCUT2D eigenvalue weighted by Gasteiger charge is 2.13. The third kappa shape index (κ3) is 1.37. The van der Waals surface area contributed by atoms with Gasteiger partial charge < -0.3 is 10.3 Å². The molecule has 0 fully saturated rings. The average molecular weight is 188 g/mol. The maximum Gasteiger partial charge on any atom is 0.254 e. The first kappa shape index (κ1) is 8.50. The first-order valence-electron chi connectivity index (χ1n) is 4.08. The van der Waals surface area contributed by atoms with E-state index in [4.69, 9.17) is 10.3 Å². The minimum atomic E-state index is -0.537. The van der Waals surface area contributed by atoms with Crippen molar-refractivity contribution in [2.24, 2.45) is 5.73 Å². The number of hydrogen-bond acceptors (Lipinski definition) is 3. The smallest absolute Gasteiger partial charge is 0.254 e. The van der Waals surface area contributed by atoms with Crippen LogP contribution in [0.15, 0.2) is 41.1 Å². The SMILES string of the molecule is NC(=O)c1conc1-c1ccccc1. The summed E-state index contributed by atoms with van der Waals surface area (Å²) in [6.07, 6.45) is 1.25. The zero-order chi connectivity index (χ0) is 9.97. The van der Waals surface area contributed by atoms with Crippen molar-refractivity contribution in [1.82, 2.24) is 5.16 Å². The number of nitrogens with two attached hydrogens (primary N) is 1. The Hall–Kier alpha value is -2.10. The van der Waals surface area contributed by atoms with Gasteiger partial charge in [-0.2, -0.15) is 0 Å². The molecule has 70 valence electrons. The molecule has 1 aromatic heterocycles. The van der Waals surface area contributed by atoms with Crippen LogP contribution in [0.1, 0.15) is 10.4 Å². The molecule has 0 saturated heterocycles. The van der Waals surface area contributed by atoms with E-state index in [1.54, 1.807) is 0 Å². The molecule has 0 bridgehead atoms. The number of nitrogens with zero attached hydrogens (tertiary/aromatic N) is 1. The summed E-state index contributed by atoms with van der Waals surface area (Å²) in [7, 11) is 0. The first-order chi connectivity index (χ1) is 6.79. The number of benzene rings is 1. The highest BCUT2D eigenvalue weighted by atomic mass is 16.5. The number of amides is 1. The maximum atomic E-state index is 11.0. The van der Waals surface area contributed by atoms with Gasteiger partial charge in [0.15, 0.2) is 0 Å². The molecule has 4 nitrogen and oxygen atoms in total. The Morgan fingerprint density at radius 3 is 2.64 bits per heavy atom. The van der Waals surface area contributed by atoms with Crippen LogP contribution in [0, 0.1) is 0 Å². The topological polar surface area (TPSA) is 69.1 Å². The molecule has 0 aliphatic heterocycles. The largest absolute Gasteiger partial charge is 0.365 e. The van der Waals surface area contributed by atoms with Gasteiger partial charge in [-0.3, -0.25) is 4.79 Å². The second-order valence-corrected chi connectivity index (χ2v) is 2.81. The highest BCUT2D eigenvalue weighted by Crippen LogP contribution is 2.20. The van der Waals surface area contributed by atoms with Crippen molar-refractivity contribution < 1.29 is 9.32 Å². The number of carbonyl (C=O) groups is 1. The van der Waals surface area contributed by atoms with Crippen molar-refractivity contribution in [2.75, 3.05) is 0 Å². The first-order valence-corrected chi connectivity index (χ1v) is 4.08. The number of aromatic nitrogens is 1. The molecule has 2 aromatic rings. The Balaban J connectivity index is 2.52. The minimum Gasteiger partial charge on any atom is -0.365 e. The van der Waals surface area contributed by atoms with E-state index >= 15 is 0 Å². The van der Waals surface area contributed by atoms with Crippen molar-refractivity contribution in [3.05, 3.63) is 42.2 Å². The van der Waals surface area contributed by atoms with Crippen LogP contribution in [0.4, 0.5) is 0 Å². The second-order valence-electron chi connectivity index (χ2n) is 2.81. The van der Waals surface area contributed by atoms with Crippen molar-refractivity contribution >= 4 is 5.91 Å². The van der Waals surface area contributed by atoms with Crippen LogP contribution in [-0.4, -0.2) is 11.1 Å². The van der Waals surface area contributed by atoms with Crippen LogP contribution in [0.3, 0.4) is 0 Å². The van der Waals surface area contributed by atoms with Gasteiger partial charge in [0, 0.05) is 5.56 Å². The molecule has 0 saturated carbocycles. The molecular weight excluding hydrogens is 180 g/mol. The van der Waals surface area contributed by atoms with E-state index in [0.717, 1.165) is 5.56 Å². The molecule has 2 rings (SSSR count). The van der Waals surface area contributed by atoms with Crippen LogP contribution >= 0.6 is 0 Å². The zero-order valence-electron chi connectivity index (χ0n) is 7.31. The normalized spacial score (nSPS) is 10.0. The molecule has 1 amide bonds. The Morgan fingerprint density at radius 1 is 1.29 bits per heavy atom.